The first-order valence-corrected chi connectivity index (χ1v) is 6.52. The molecule has 4 heteroatoms. The van der Waals surface area contributed by atoms with Crippen molar-refractivity contribution in [1.29, 1.82) is 0 Å². The summed E-state index contributed by atoms with van der Waals surface area (Å²) in [7, 11) is 0. The molecule has 0 atom stereocenters. The van der Waals surface area contributed by atoms with Crippen LogP contribution < -0.4 is 5.73 Å². The lowest BCUT2D eigenvalue weighted by Crippen LogP contribution is -2.04. The molecule has 94 valence electrons. The monoisotopic (exact) mass is 262 g/mol. The van der Waals surface area contributed by atoms with Gasteiger partial charge in [-0.15, -0.1) is 0 Å². The molecule has 2 rings (SSSR count). The Balaban J connectivity index is 2.39. The SMILES string of the molecule is Cc1cc(Sc2cccc(F)c2)c(CN)c(C)n1. The highest BCUT2D eigenvalue weighted by Crippen LogP contribution is 2.32. The summed E-state index contributed by atoms with van der Waals surface area (Å²) in [6, 6.07) is 8.55. The van der Waals surface area contributed by atoms with Gasteiger partial charge in [-0.3, -0.25) is 4.98 Å². The van der Waals surface area contributed by atoms with E-state index in [0.717, 1.165) is 26.7 Å². The van der Waals surface area contributed by atoms with Crippen LogP contribution in [0.25, 0.3) is 0 Å². The molecule has 2 N–H and O–H groups in total. The molecule has 0 aliphatic carbocycles. The zero-order valence-electron chi connectivity index (χ0n) is 10.4. The summed E-state index contributed by atoms with van der Waals surface area (Å²) >= 11 is 1.52. The number of aryl methyl sites for hydroxylation is 2. The van der Waals surface area contributed by atoms with Crippen LogP contribution in [0, 0.1) is 19.7 Å². The fraction of sp³-hybridized carbons (Fsp3) is 0.214. The van der Waals surface area contributed by atoms with E-state index in [0.29, 0.717) is 6.54 Å². The van der Waals surface area contributed by atoms with Crippen molar-refractivity contribution in [2.75, 3.05) is 0 Å². The van der Waals surface area contributed by atoms with Crippen LogP contribution in [0.5, 0.6) is 0 Å². The third-order valence-electron chi connectivity index (χ3n) is 2.65. The average molecular weight is 262 g/mol. The van der Waals surface area contributed by atoms with Gasteiger partial charge in [0.05, 0.1) is 0 Å². The Morgan fingerprint density at radius 2 is 2.06 bits per heavy atom. The minimum Gasteiger partial charge on any atom is -0.326 e. The Hall–Kier alpha value is -1.39. The van der Waals surface area contributed by atoms with Gasteiger partial charge in [0.1, 0.15) is 5.82 Å². The molecule has 0 aliphatic heterocycles. The van der Waals surface area contributed by atoms with Crippen molar-refractivity contribution in [3.63, 3.8) is 0 Å². The zero-order valence-corrected chi connectivity index (χ0v) is 11.2. The number of nitrogens with two attached hydrogens (primary N) is 1. The number of hydrogen-bond acceptors (Lipinski definition) is 3. The van der Waals surface area contributed by atoms with Crippen LogP contribution in [0.2, 0.25) is 0 Å². The first kappa shape index (κ1) is 13.1. The maximum Gasteiger partial charge on any atom is 0.124 e. The molecule has 2 nitrogen and oxygen atoms in total. The minimum absolute atomic E-state index is 0.225. The maximum absolute atomic E-state index is 13.2. The lowest BCUT2D eigenvalue weighted by molar-refractivity contribution is 0.624. The van der Waals surface area contributed by atoms with Gasteiger partial charge in [0, 0.05) is 33.3 Å². The molecule has 0 aliphatic rings. The summed E-state index contributed by atoms with van der Waals surface area (Å²) < 4.78 is 13.2. The van der Waals surface area contributed by atoms with Crippen molar-refractivity contribution in [2.45, 2.75) is 30.2 Å². The maximum atomic E-state index is 13.2. The summed E-state index contributed by atoms with van der Waals surface area (Å²) in [6.45, 7) is 4.34. The predicted molar refractivity (Wildman–Crippen MR) is 72.1 cm³/mol. The van der Waals surface area contributed by atoms with Crippen LogP contribution in [-0.4, -0.2) is 4.98 Å². The molecule has 2 aromatic rings. The van der Waals surface area contributed by atoms with Crippen molar-refractivity contribution in [2.24, 2.45) is 5.73 Å². The summed E-state index contributed by atoms with van der Waals surface area (Å²) in [4.78, 5) is 6.32. The summed E-state index contributed by atoms with van der Waals surface area (Å²) in [5.41, 5.74) is 8.67. The van der Waals surface area contributed by atoms with Gasteiger partial charge in [-0.1, -0.05) is 17.8 Å². The molecule has 1 aromatic heterocycles. The second kappa shape index (κ2) is 5.50. The number of nitrogens with zero attached hydrogens (tertiary/aromatic N) is 1. The summed E-state index contributed by atoms with van der Waals surface area (Å²) in [5, 5.41) is 0. The third-order valence-corrected chi connectivity index (χ3v) is 3.72. The van der Waals surface area contributed by atoms with Gasteiger partial charge in [-0.25, -0.2) is 4.39 Å². The van der Waals surface area contributed by atoms with Crippen molar-refractivity contribution < 1.29 is 4.39 Å². The van der Waals surface area contributed by atoms with Crippen LogP contribution in [0.4, 0.5) is 4.39 Å². The number of pyridine rings is 1. The van der Waals surface area contributed by atoms with Gasteiger partial charge in [0.2, 0.25) is 0 Å². The van der Waals surface area contributed by atoms with Gasteiger partial charge < -0.3 is 5.73 Å². The predicted octanol–water partition coefficient (Wildman–Crippen LogP) is 3.45. The van der Waals surface area contributed by atoms with Gasteiger partial charge >= 0.3 is 0 Å². The smallest absolute Gasteiger partial charge is 0.124 e. The van der Waals surface area contributed by atoms with E-state index in [1.807, 2.05) is 26.0 Å². The number of benzene rings is 1. The molecule has 0 spiro atoms. The van der Waals surface area contributed by atoms with E-state index in [9.17, 15) is 4.39 Å². The van der Waals surface area contributed by atoms with E-state index in [4.69, 9.17) is 5.73 Å². The Bertz CT molecular complexity index is 570. The molecular formula is C14H15FN2S. The first-order chi connectivity index (χ1) is 8.60. The van der Waals surface area contributed by atoms with Gasteiger partial charge in [0.15, 0.2) is 0 Å². The number of rotatable bonds is 3. The minimum atomic E-state index is -0.225. The quantitative estimate of drug-likeness (QED) is 0.920. The summed E-state index contributed by atoms with van der Waals surface area (Å²) in [5.74, 6) is -0.225. The van der Waals surface area contributed by atoms with Crippen molar-refractivity contribution in [3.8, 4) is 0 Å². The lowest BCUT2D eigenvalue weighted by Gasteiger charge is -2.11. The molecule has 1 aromatic carbocycles. The fourth-order valence-electron chi connectivity index (χ4n) is 1.82. The Kier molecular flexibility index (Phi) is 3.99. The normalized spacial score (nSPS) is 10.7. The molecule has 18 heavy (non-hydrogen) atoms. The van der Waals surface area contributed by atoms with Crippen LogP contribution in [0.1, 0.15) is 17.0 Å². The van der Waals surface area contributed by atoms with Gasteiger partial charge in [-0.2, -0.15) is 0 Å². The third kappa shape index (κ3) is 2.89. The molecule has 0 saturated carbocycles. The molecule has 0 radical (unpaired) electrons. The highest BCUT2D eigenvalue weighted by Gasteiger charge is 2.09. The van der Waals surface area contributed by atoms with E-state index >= 15 is 0 Å². The zero-order chi connectivity index (χ0) is 13.1. The topological polar surface area (TPSA) is 38.9 Å². The molecular weight excluding hydrogens is 247 g/mol. The van der Waals surface area contributed by atoms with E-state index < -0.39 is 0 Å². The number of aromatic nitrogens is 1. The molecule has 0 unspecified atom stereocenters. The second-order valence-electron chi connectivity index (χ2n) is 4.09. The summed E-state index contributed by atoms with van der Waals surface area (Å²) in [6.07, 6.45) is 0. The van der Waals surface area contributed by atoms with Crippen LogP contribution >= 0.6 is 11.8 Å². The van der Waals surface area contributed by atoms with E-state index in [1.165, 1.54) is 23.9 Å². The number of halogens is 1. The largest absolute Gasteiger partial charge is 0.326 e. The van der Waals surface area contributed by atoms with Crippen LogP contribution in [-0.2, 0) is 6.54 Å². The van der Waals surface area contributed by atoms with E-state index in [-0.39, 0.29) is 5.82 Å². The van der Waals surface area contributed by atoms with Crippen LogP contribution in [0.3, 0.4) is 0 Å². The molecule has 0 fully saturated rings. The second-order valence-corrected chi connectivity index (χ2v) is 5.20. The Morgan fingerprint density at radius 3 is 2.72 bits per heavy atom. The van der Waals surface area contributed by atoms with Crippen LogP contribution in [0.15, 0.2) is 40.1 Å². The standard InChI is InChI=1S/C14H15FN2S/c1-9-6-14(13(8-16)10(2)17-9)18-12-5-3-4-11(15)7-12/h3-7H,8,16H2,1-2H3. The fourth-order valence-corrected chi connectivity index (χ4v) is 2.97. The average Bonchev–Trinajstić information content (AvgIpc) is 2.28. The van der Waals surface area contributed by atoms with Gasteiger partial charge in [-0.05, 0) is 38.1 Å². The van der Waals surface area contributed by atoms with Crippen molar-refractivity contribution >= 4 is 11.8 Å². The number of hydrogen-bond donors (Lipinski definition) is 1. The van der Waals surface area contributed by atoms with Crippen molar-refractivity contribution in [3.05, 3.63) is 53.1 Å². The highest BCUT2D eigenvalue weighted by atomic mass is 32.2. The highest BCUT2D eigenvalue weighted by molar-refractivity contribution is 7.99. The lowest BCUT2D eigenvalue weighted by atomic mass is 10.2. The first-order valence-electron chi connectivity index (χ1n) is 5.70. The van der Waals surface area contributed by atoms with E-state index in [1.54, 1.807) is 6.07 Å². The van der Waals surface area contributed by atoms with E-state index in [2.05, 4.69) is 4.98 Å². The molecule has 0 amide bonds. The molecule has 0 bridgehead atoms. The molecule has 1 heterocycles. The molecule has 0 saturated heterocycles. The Labute approximate surface area is 110 Å². The van der Waals surface area contributed by atoms with Gasteiger partial charge in [0.25, 0.3) is 0 Å². The van der Waals surface area contributed by atoms with Crippen molar-refractivity contribution in [1.82, 2.24) is 4.98 Å². The Morgan fingerprint density at radius 1 is 1.28 bits per heavy atom.